The van der Waals surface area contributed by atoms with Gasteiger partial charge in [-0.15, -0.1) is 0 Å². The minimum atomic E-state index is -0.395. The van der Waals surface area contributed by atoms with E-state index in [9.17, 15) is 14.4 Å². The average Bonchev–Trinajstić information content (AvgIpc) is 3.10. The molecule has 29 heavy (non-hydrogen) atoms. The summed E-state index contributed by atoms with van der Waals surface area (Å²) in [6.45, 7) is 6.05. The predicted octanol–water partition coefficient (Wildman–Crippen LogP) is 3.16. The van der Waals surface area contributed by atoms with Gasteiger partial charge in [-0.25, -0.2) is 0 Å². The second-order valence-corrected chi connectivity index (χ2v) is 7.21. The molecule has 152 valence electrons. The highest BCUT2D eigenvalue weighted by molar-refractivity contribution is 5.99. The van der Waals surface area contributed by atoms with Crippen molar-refractivity contribution in [2.75, 3.05) is 25.0 Å². The Bertz CT molecular complexity index is 878. The van der Waals surface area contributed by atoms with Gasteiger partial charge in [-0.1, -0.05) is 36.4 Å². The van der Waals surface area contributed by atoms with Crippen molar-refractivity contribution in [3.63, 3.8) is 0 Å². The molecule has 3 rings (SSSR count). The summed E-state index contributed by atoms with van der Waals surface area (Å²) in [6, 6.07) is 16.7. The van der Waals surface area contributed by atoms with E-state index in [0.717, 1.165) is 5.56 Å². The molecule has 0 spiro atoms. The quantitative estimate of drug-likeness (QED) is 0.786. The second-order valence-electron chi connectivity index (χ2n) is 7.21. The number of anilines is 1. The number of carbonyl (C=O) groups is 3. The van der Waals surface area contributed by atoms with Gasteiger partial charge >= 0.3 is 0 Å². The Kier molecular flexibility index (Phi) is 6.65. The fourth-order valence-electron chi connectivity index (χ4n) is 3.57. The number of benzene rings is 2. The van der Waals surface area contributed by atoms with Gasteiger partial charge in [0.25, 0.3) is 5.91 Å². The molecule has 1 fully saturated rings. The van der Waals surface area contributed by atoms with E-state index in [1.807, 2.05) is 44.2 Å². The number of likely N-dealkylation sites (tertiary alicyclic amines) is 1. The molecule has 6 heteroatoms. The van der Waals surface area contributed by atoms with Crippen molar-refractivity contribution in [1.29, 1.82) is 0 Å². The third-order valence-electron chi connectivity index (χ3n) is 5.23. The van der Waals surface area contributed by atoms with Crippen LogP contribution in [0.4, 0.5) is 5.69 Å². The van der Waals surface area contributed by atoms with Crippen LogP contribution in [0, 0.1) is 5.92 Å². The molecule has 2 aromatic rings. The van der Waals surface area contributed by atoms with Gasteiger partial charge in [-0.2, -0.15) is 0 Å². The summed E-state index contributed by atoms with van der Waals surface area (Å²) in [5.41, 5.74) is 2.16. The van der Waals surface area contributed by atoms with E-state index in [1.54, 1.807) is 34.1 Å². The van der Waals surface area contributed by atoms with E-state index in [-0.39, 0.29) is 24.1 Å². The standard InChI is InChI=1S/C23H27N3O3/c1-3-25(4-2)23(29)18-11-8-12-20(13-18)24-22(28)19-14-21(27)26(16-19)15-17-9-6-5-7-10-17/h5-13,19H,3-4,14-16H2,1-2H3,(H,24,28). The summed E-state index contributed by atoms with van der Waals surface area (Å²) in [6.07, 6.45) is 0.205. The Labute approximate surface area is 171 Å². The summed E-state index contributed by atoms with van der Waals surface area (Å²) in [7, 11) is 0. The van der Waals surface area contributed by atoms with Crippen LogP contribution in [-0.4, -0.2) is 47.2 Å². The average molecular weight is 393 g/mol. The zero-order chi connectivity index (χ0) is 20.8. The number of nitrogens with one attached hydrogen (secondary N) is 1. The summed E-state index contributed by atoms with van der Waals surface area (Å²) in [4.78, 5) is 41.0. The maximum atomic E-state index is 12.7. The summed E-state index contributed by atoms with van der Waals surface area (Å²) < 4.78 is 0. The minimum absolute atomic E-state index is 0.0144. The Morgan fingerprint density at radius 3 is 2.48 bits per heavy atom. The number of hydrogen-bond acceptors (Lipinski definition) is 3. The SMILES string of the molecule is CCN(CC)C(=O)c1cccc(NC(=O)C2CC(=O)N(Cc3ccccc3)C2)c1. The zero-order valence-corrected chi connectivity index (χ0v) is 16.9. The van der Waals surface area contributed by atoms with Crippen LogP contribution in [0.2, 0.25) is 0 Å². The van der Waals surface area contributed by atoms with Gasteiger partial charge in [0.2, 0.25) is 11.8 Å². The number of rotatable bonds is 7. The van der Waals surface area contributed by atoms with E-state index in [4.69, 9.17) is 0 Å². The molecule has 3 amide bonds. The molecule has 1 aliphatic rings. The molecule has 1 heterocycles. The molecule has 0 bridgehead atoms. The van der Waals surface area contributed by atoms with Crippen molar-refractivity contribution in [3.8, 4) is 0 Å². The first-order valence-corrected chi connectivity index (χ1v) is 10.0. The lowest BCUT2D eigenvalue weighted by Gasteiger charge is -2.19. The Balaban J connectivity index is 1.63. The van der Waals surface area contributed by atoms with Gasteiger partial charge in [0, 0.05) is 43.9 Å². The Morgan fingerprint density at radius 1 is 1.07 bits per heavy atom. The lowest BCUT2D eigenvalue weighted by atomic mass is 10.1. The summed E-state index contributed by atoms with van der Waals surface area (Å²) >= 11 is 0. The number of amides is 3. The topological polar surface area (TPSA) is 69.7 Å². The molecule has 1 aliphatic heterocycles. The minimum Gasteiger partial charge on any atom is -0.339 e. The fraction of sp³-hybridized carbons (Fsp3) is 0.348. The number of nitrogens with zero attached hydrogens (tertiary/aromatic N) is 2. The molecule has 1 atom stereocenters. The largest absolute Gasteiger partial charge is 0.339 e. The van der Waals surface area contributed by atoms with E-state index in [0.29, 0.717) is 37.4 Å². The molecule has 0 aliphatic carbocycles. The van der Waals surface area contributed by atoms with E-state index in [2.05, 4.69) is 5.32 Å². The second kappa shape index (κ2) is 9.37. The highest BCUT2D eigenvalue weighted by atomic mass is 16.2. The van der Waals surface area contributed by atoms with E-state index < -0.39 is 5.92 Å². The van der Waals surface area contributed by atoms with Crippen molar-refractivity contribution in [1.82, 2.24) is 9.80 Å². The van der Waals surface area contributed by atoms with Gasteiger partial charge in [-0.05, 0) is 37.6 Å². The summed E-state index contributed by atoms with van der Waals surface area (Å²) in [5.74, 6) is -0.662. The first kappa shape index (κ1) is 20.6. The lowest BCUT2D eigenvalue weighted by molar-refractivity contribution is -0.128. The number of carbonyl (C=O) groups excluding carboxylic acids is 3. The smallest absolute Gasteiger partial charge is 0.253 e. The van der Waals surface area contributed by atoms with Crippen LogP contribution in [0.1, 0.15) is 36.2 Å². The van der Waals surface area contributed by atoms with Crippen LogP contribution in [-0.2, 0) is 16.1 Å². The first-order valence-electron chi connectivity index (χ1n) is 10.0. The number of hydrogen-bond donors (Lipinski definition) is 1. The zero-order valence-electron chi connectivity index (χ0n) is 16.9. The van der Waals surface area contributed by atoms with Crippen LogP contribution in [0.3, 0.4) is 0 Å². The van der Waals surface area contributed by atoms with Crippen LogP contribution in [0.15, 0.2) is 54.6 Å². The van der Waals surface area contributed by atoms with Crippen molar-refractivity contribution in [2.24, 2.45) is 5.92 Å². The molecule has 0 saturated carbocycles. The van der Waals surface area contributed by atoms with Crippen LogP contribution in [0.5, 0.6) is 0 Å². The van der Waals surface area contributed by atoms with Crippen LogP contribution in [0.25, 0.3) is 0 Å². The van der Waals surface area contributed by atoms with E-state index >= 15 is 0 Å². The Hall–Kier alpha value is -3.15. The fourth-order valence-corrected chi connectivity index (χ4v) is 3.57. The van der Waals surface area contributed by atoms with Crippen molar-refractivity contribution < 1.29 is 14.4 Å². The molecular formula is C23H27N3O3. The molecule has 1 N–H and O–H groups in total. The van der Waals surface area contributed by atoms with Crippen LogP contribution < -0.4 is 5.32 Å². The highest BCUT2D eigenvalue weighted by Crippen LogP contribution is 2.22. The molecule has 2 aromatic carbocycles. The highest BCUT2D eigenvalue weighted by Gasteiger charge is 2.34. The maximum absolute atomic E-state index is 12.7. The Morgan fingerprint density at radius 2 is 1.79 bits per heavy atom. The van der Waals surface area contributed by atoms with Crippen molar-refractivity contribution in [2.45, 2.75) is 26.8 Å². The molecule has 0 radical (unpaired) electrons. The molecule has 6 nitrogen and oxygen atoms in total. The molecule has 1 unspecified atom stereocenters. The van der Waals surface area contributed by atoms with Crippen LogP contribution >= 0.6 is 0 Å². The van der Waals surface area contributed by atoms with E-state index in [1.165, 1.54) is 0 Å². The first-order chi connectivity index (χ1) is 14.0. The molecular weight excluding hydrogens is 366 g/mol. The maximum Gasteiger partial charge on any atom is 0.253 e. The van der Waals surface area contributed by atoms with Gasteiger partial charge in [0.15, 0.2) is 0 Å². The third-order valence-corrected chi connectivity index (χ3v) is 5.23. The van der Waals surface area contributed by atoms with Gasteiger partial charge in [-0.3, -0.25) is 14.4 Å². The van der Waals surface area contributed by atoms with Gasteiger partial charge in [0.05, 0.1) is 5.92 Å². The molecule has 1 saturated heterocycles. The lowest BCUT2D eigenvalue weighted by Crippen LogP contribution is -2.30. The van der Waals surface area contributed by atoms with Gasteiger partial charge < -0.3 is 15.1 Å². The summed E-state index contributed by atoms with van der Waals surface area (Å²) in [5, 5.41) is 2.87. The third kappa shape index (κ3) is 5.02. The predicted molar refractivity (Wildman–Crippen MR) is 112 cm³/mol. The van der Waals surface area contributed by atoms with Crippen molar-refractivity contribution >= 4 is 23.4 Å². The molecule has 0 aromatic heterocycles. The van der Waals surface area contributed by atoms with Gasteiger partial charge in [0.1, 0.15) is 0 Å². The monoisotopic (exact) mass is 393 g/mol. The normalized spacial score (nSPS) is 16.0. The van der Waals surface area contributed by atoms with Crippen molar-refractivity contribution in [3.05, 3.63) is 65.7 Å².